The molecule has 25 heavy (non-hydrogen) atoms. The van der Waals surface area contributed by atoms with Crippen LogP contribution in [0.25, 0.3) is 5.69 Å². The van der Waals surface area contributed by atoms with Crippen molar-refractivity contribution >= 4 is 5.91 Å². The number of nitrogens with zero attached hydrogens (tertiary/aromatic N) is 3. The van der Waals surface area contributed by atoms with Gasteiger partial charge in [-0.15, -0.1) is 0 Å². The van der Waals surface area contributed by atoms with Crippen molar-refractivity contribution in [1.82, 2.24) is 14.7 Å². The first-order chi connectivity index (χ1) is 11.8. The molecule has 1 aromatic carbocycles. The minimum atomic E-state index is -0.647. The van der Waals surface area contributed by atoms with Crippen LogP contribution in [-0.4, -0.2) is 33.7 Å². The molecule has 0 spiro atoms. The van der Waals surface area contributed by atoms with Gasteiger partial charge in [0.05, 0.1) is 5.69 Å². The van der Waals surface area contributed by atoms with E-state index < -0.39 is 11.6 Å². The van der Waals surface area contributed by atoms with Gasteiger partial charge in [-0.1, -0.05) is 13.8 Å². The lowest BCUT2D eigenvalue weighted by molar-refractivity contribution is 0.0771. The molecule has 2 aliphatic rings. The van der Waals surface area contributed by atoms with E-state index in [1.807, 2.05) is 4.90 Å². The van der Waals surface area contributed by atoms with Crippen LogP contribution >= 0.6 is 0 Å². The first kappa shape index (κ1) is 16.2. The van der Waals surface area contributed by atoms with E-state index in [9.17, 15) is 13.6 Å². The lowest BCUT2D eigenvalue weighted by Crippen LogP contribution is -2.31. The van der Waals surface area contributed by atoms with Crippen LogP contribution in [0.15, 0.2) is 18.2 Å². The molecule has 1 fully saturated rings. The molecule has 1 aromatic heterocycles. The largest absolute Gasteiger partial charge is 0.337 e. The van der Waals surface area contributed by atoms with Crippen LogP contribution in [0.5, 0.6) is 0 Å². The van der Waals surface area contributed by atoms with Crippen LogP contribution in [0.4, 0.5) is 8.78 Å². The Balaban J connectivity index is 1.74. The summed E-state index contributed by atoms with van der Waals surface area (Å²) in [6.45, 7) is 5.74. The van der Waals surface area contributed by atoms with Gasteiger partial charge in [0.1, 0.15) is 11.6 Å². The molecule has 0 atom stereocenters. The average Bonchev–Trinajstić information content (AvgIpc) is 3.19. The highest BCUT2D eigenvalue weighted by molar-refractivity contribution is 5.94. The molecule has 0 bridgehead atoms. The smallest absolute Gasteiger partial charge is 0.274 e. The first-order valence-corrected chi connectivity index (χ1v) is 8.71. The summed E-state index contributed by atoms with van der Waals surface area (Å²) < 4.78 is 28.8. The summed E-state index contributed by atoms with van der Waals surface area (Å²) in [7, 11) is 0. The average molecular weight is 345 g/mol. The Bertz CT molecular complexity index is 836. The van der Waals surface area contributed by atoms with Crippen molar-refractivity contribution < 1.29 is 13.6 Å². The summed E-state index contributed by atoms with van der Waals surface area (Å²) >= 11 is 0. The Morgan fingerprint density at radius 1 is 1.16 bits per heavy atom. The quantitative estimate of drug-likeness (QED) is 0.835. The monoisotopic (exact) mass is 345 g/mol. The molecule has 2 heterocycles. The van der Waals surface area contributed by atoms with E-state index in [4.69, 9.17) is 0 Å². The van der Waals surface area contributed by atoms with Crippen LogP contribution in [0.2, 0.25) is 0 Å². The summed E-state index contributed by atoms with van der Waals surface area (Å²) in [6.07, 6.45) is 3.44. The van der Waals surface area contributed by atoms with E-state index in [1.54, 1.807) is 4.68 Å². The van der Waals surface area contributed by atoms with Crippen LogP contribution in [0, 0.1) is 17.0 Å². The molecule has 4 nitrogen and oxygen atoms in total. The van der Waals surface area contributed by atoms with Crippen molar-refractivity contribution in [2.24, 2.45) is 5.41 Å². The summed E-state index contributed by atoms with van der Waals surface area (Å²) in [4.78, 5) is 14.8. The molecule has 1 amide bonds. The molecule has 0 saturated carbocycles. The fourth-order valence-electron chi connectivity index (χ4n) is 3.92. The number of rotatable bonds is 2. The van der Waals surface area contributed by atoms with Gasteiger partial charge in [-0.2, -0.15) is 5.10 Å². The van der Waals surface area contributed by atoms with Gasteiger partial charge in [0, 0.05) is 30.4 Å². The summed E-state index contributed by atoms with van der Waals surface area (Å²) in [6, 6.07) is 3.34. The summed E-state index contributed by atoms with van der Waals surface area (Å²) in [5, 5.41) is 4.47. The molecular formula is C19H21F2N3O. The summed E-state index contributed by atoms with van der Waals surface area (Å²) in [5.74, 6) is -1.36. The molecule has 2 aromatic rings. The van der Waals surface area contributed by atoms with E-state index in [1.165, 1.54) is 12.1 Å². The topological polar surface area (TPSA) is 38.1 Å². The zero-order chi connectivity index (χ0) is 17.8. The molecule has 0 unspecified atom stereocenters. The number of benzene rings is 1. The molecule has 1 aliphatic carbocycles. The first-order valence-electron chi connectivity index (χ1n) is 8.71. The Kier molecular flexibility index (Phi) is 3.67. The van der Waals surface area contributed by atoms with Crippen molar-refractivity contribution in [2.75, 3.05) is 13.1 Å². The number of carbonyl (C=O) groups excluding carboxylic acids is 1. The van der Waals surface area contributed by atoms with E-state index in [0.717, 1.165) is 49.6 Å². The van der Waals surface area contributed by atoms with Crippen molar-refractivity contribution in [2.45, 2.75) is 39.5 Å². The maximum Gasteiger partial charge on any atom is 0.274 e. The summed E-state index contributed by atoms with van der Waals surface area (Å²) in [5.41, 5.74) is 2.71. The standard InChI is InChI=1S/C19H21F2N3O/c1-19(2)6-7-23(11-19)18(25)17-15-4-3-5-16(15)24(22-17)14-9-12(20)8-13(21)10-14/h8-10H,3-7,11H2,1-2H3. The van der Waals surface area contributed by atoms with Gasteiger partial charge in [0.2, 0.25) is 0 Å². The molecule has 1 saturated heterocycles. The van der Waals surface area contributed by atoms with Crippen LogP contribution in [-0.2, 0) is 12.8 Å². The van der Waals surface area contributed by atoms with Gasteiger partial charge < -0.3 is 4.90 Å². The number of amides is 1. The number of carbonyl (C=O) groups is 1. The van der Waals surface area contributed by atoms with Gasteiger partial charge in [0.15, 0.2) is 5.69 Å². The molecule has 0 N–H and O–H groups in total. The second-order valence-corrected chi connectivity index (χ2v) is 7.81. The second kappa shape index (κ2) is 5.64. The Morgan fingerprint density at radius 2 is 1.88 bits per heavy atom. The lowest BCUT2D eigenvalue weighted by Gasteiger charge is -2.19. The third-order valence-electron chi connectivity index (χ3n) is 5.19. The van der Waals surface area contributed by atoms with Crippen molar-refractivity contribution in [1.29, 1.82) is 0 Å². The van der Waals surface area contributed by atoms with Crippen LogP contribution in [0.1, 0.15) is 48.4 Å². The second-order valence-electron chi connectivity index (χ2n) is 7.81. The minimum Gasteiger partial charge on any atom is -0.337 e. The fraction of sp³-hybridized carbons (Fsp3) is 0.474. The predicted molar refractivity (Wildman–Crippen MR) is 89.8 cm³/mol. The number of halogens is 2. The van der Waals surface area contributed by atoms with Crippen molar-refractivity contribution in [3.63, 3.8) is 0 Å². The molecule has 132 valence electrons. The lowest BCUT2D eigenvalue weighted by atomic mass is 9.93. The third-order valence-corrected chi connectivity index (χ3v) is 5.19. The highest BCUT2D eigenvalue weighted by Gasteiger charge is 2.36. The Hall–Kier alpha value is -2.24. The van der Waals surface area contributed by atoms with Crippen LogP contribution < -0.4 is 0 Å². The minimum absolute atomic E-state index is 0.0700. The maximum atomic E-state index is 13.6. The van der Waals surface area contributed by atoms with E-state index in [2.05, 4.69) is 18.9 Å². The van der Waals surface area contributed by atoms with Crippen molar-refractivity contribution in [3.8, 4) is 5.69 Å². The van der Waals surface area contributed by atoms with Gasteiger partial charge in [0.25, 0.3) is 5.91 Å². The van der Waals surface area contributed by atoms with Crippen molar-refractivity contribution in [3.05, 3.63) is 46.8 Å². The molecule has 4 rings (SSSR count). The van der Waals surface area contributed by atoms with E-state index in [0.29, 0.717) is 17.9 Å². The molecule has 0 radical (unpaired) electrons. The Morgan fingerprint density at radius 3 is 2.52 bits per heavy atom. The SMILES string of the molecule is CC1(C)CCN(C(=O)c2nn(-c3cc(F)cc(F)c3)c3c2CCC3)C1. The zero-order valence-electron chi connectivity index (χ0n) is 14.5. The van der Waals surface area contributed by atoms with Gasteiger partial charge in [-0.25, -0.2) is 13.5 Å². The highest BCUT2D eigenvalue weighted by atomic mass is 19.1. The normalized spacial score (nSPS) is 18.6. The van der Waals surface area contributed by atoms with Gasteiger partial charge >= 0.3 is 0 Å². The zero-order valence-corrected chi connectivity index (χ0v) is 14.5. The molecular weight excluding hydrogens is 324 g/mol. The number of likely N-dealkylation sites (tertiary alicyclic amines) is 1. The fourth-order valence-corrected chi connectivity index (χ4v) is 3.92. The highest BCUT2D eigenvalue weighted by Crippen LogP contribution is 2.33. The number of fused-ring (bicyclic) bond motifs is 1. The molecule has 6 heteroatoms. The predicted octanol–water partition coefficient (Wildman–Crippen LogP) is 3.51. The van der Waals surface area contributed by atoms with E-state index >= 15 is 0 Å². The van der Waals surface area contributed by atoms with Gasteiger partial charge in [-0.3, -0.25) is 4.79 Å². The third kappa shape index (κ3) is 2.83. The van der Waals surface area contributed by atoms with Crippen LogP contribution in [0.3, 0.4) is 0 Å². The number of aromatic nitrogens is 2. The number of hydrogen-bond acceptors (Lipinski definition) is 2. The van der Waals surface area contributed by atoms with Gasteiger partial charge in [-0.05, 0) is 43.2 Å². The maximum absolute atomic E-state index is 13.6. The molecule has 1 aliphatic heterocycles. The van der Waals surface area contributed by atoms with E-state index in [-0.39, 0.29) is 11.3 Å². The number of hydrogen-bond donors (Lipinski definition) is 0. The Labute approximate surface area is 145 Å².